The number of amides is 2. The third-order valence-electron chi connectivity index (χ3n) is 5.05. The second kappa shape index (κ2) is 6.16. The summed E-state index contributed by atoms with van der Waals surface area (Å²) in [5.74, 6) is 1.40. The second-order valence-corrected chi connectivity index (χ2v) is 6.82. The normalized spacial score (nSPS) is 27.8. The molecular formula is C16H23N5O3. The van der Waals surface area contributed by atoms with Gasteiger partial charge in [-0.25, -0.2) is 4.98 Å². The van der Waals surface area contributed by atoms with Crippen LogP contribution in [0.25, 0.3) is 0 Å². The Morgan fingerprint density at radius 2 is 2.21 bits per heavy atom. The summed E-state index contributed by atoms with van der Waals surface area (Å²) in [6, 6.07) is 0.383. The standard InChI is InChI=1S/C16H23N5O3/c1-2-13-17-15(19-18-13)12-9-20(5-6-24-12)16(23)10-7-14(22)21(8-10)11-3-4-11/h10-12H,2-9H2,1H3,(H,17,18,19)/t10-,12-/m0/s1. The van der Waals surface area contributed by atoms with Crippen LogP contribution in [0.3, 0.4) is 0 Å². The molecule has 1 aliphatic carbocycles. The van der Waals surface area contributed by atoms with Crippen molar-refractivity contribution in [2.24, 2.45) is 5.92 Å². The predicted molar refractivity (Wildman–Crippen MR) is 83.9 cm³/mol. The molecule has 0 radical (unpaired) electrons. The van der Waals surface area contributed by atoms with Crippen LogP contribution in [-0.2, 0) is 20.7 Å². The maximum Gasteiger partial charge on any atom is 0.228 e. The highest BCUT2D eigenvalue weighted by atomic mass is 16.5. The van der Waals surface area contributed by atoms with Crippen molar-refractivity contribution in [3.05, 3.63) is 11.6 Å². The monoisotopic (exact) mass is 333 g/mol. The van der Waals surface area contributed by atoms with Crippen molar-refractivity contribution < 1.29 is 14.3 Å². The number of likely N-dealkylation sites (tertiary alicyclic amines) is 1. The molecule has 1 aromatic rings. The van der Waals surface area contributed by atoms with Gasteiger partial charge in [0.2, 0.25) is 11.8 Å². The molecule has 2 atom stereocenters. The van der Waals surface area contributed by atoms with Crippen molar-refractivity contribution in [1.29, 1.82) is 0 Å². The summed E-state index contributed by atoms with van der Waals surface area (Å²) in [6.45, 7) is 4.07. The molecule has 0 unspecified atom stereocenters. The van der Waals surface area contributed by atoms with Crippen molar-refractivity contribution in [2.45, 2.75) is 44.8 Å². The van der Waals surface area contributed by atoms with Gasteiger partial charge < -0.3 is 14.5 Å². The minimum absolute atomic E-state index is 0.0612. The molecule has 8 heteroatoms. The molecule has 3 fully saturated rings. The summed E-state index contributed by atoms with van der Waals surface area (Å²) in [5, 5.41) is 7.08. The number of aryl methyl sites for hydroxylation is 1. The van der Waals surface area contributed by atoms with E-state index in [1.807, 2.05) is 16.7 Å². The van der Waals surface area contributed by atoms with E-state index < -0.39 is 0 Å². The zero-order valence-corrected chi connectivity index (χ0v) is 13.9. The van der Waals surface area contributed by atoms with E-state index >= 15 is 0 Å². The summed E-state index contributed by atoms with van der Waals surface area (Å²) >= 11 is 0. The van der Waals surface area contributed by atoms with Gasteiger partial charge in [0.15, 0.2) is 5.82 Å². The first kappa shape index (κ1) is 15.6. The number of carbonyl (C=O) groups is 2. The van der Waals surface area contributed by atoms with Crippen molar-refractivity contribution in [1.82, 2.24) is 25.0 Å². The van der Waals surface area contributed by atoms with Crippen LogP contribution in [0.4, 0.5) is 0 Å². The first-order chi connectivity index (χ1) is 11.7. The summed E-state index contributed by atoms with van der Waals surface area (Å²) in [4.78, 5) is 33.0. The van der Waals surface area contributed by atoms with Crippen molar-refractivity contribution in [2.75, 3.05) is 26.2 Å². The second-order valence-electron chi connectivity index (χ2n) is 6.82. The number of rotatable bonds is 4. The van der Waals surface area contributed by atoms with Crippen LogP contribution < -0.4 is 0 Å². The van der Waals surface area contributed by atoms with E-state index in [4.69, 9.17) is 4.74 Å². The molecule has 4 rings (SSSR count). The summed E-state index contributed by atoms with van der Waals surface area (Å²) in [7, 11) is 0. The van der Waals surface area contributed by atoms with Gasteiger partial charge in [0.25, 0.3) is 0 Å². The molecule has 3 heterocycles. The van der Waals surface area contributed by atoms with E-state index in [1.165, 1.54) is 0 Å². The van der Waals surface area contributed by atoms with Crippen LogP contribution in [0, 0.1) is 5.92 Å². The molecular weight excluding hydrogens is 310 g/mol. The Kier molecular flexibility index (Phi) is 3.99. The minimum atomic E-state index is -0.295. The fraction of sp³-hybridized carbons (Fsp3) is 0.750. The molecule has 8 nitrogen and oxygen atoms in total. The lowest BCUT2D eigenvalue weighted by Crippen LogP contribution is -2.45. The number of nitrogens with one attached hydrogen (secondary N) is 1. The van der Waals surface area contributed by atoms with Crippen LogP contribution >= 0.6 is 0 Å². The predicted octanol–water partition coefficient (Wildman–Crippen LogP) is 0.278. The lowest BCUT2D eigenvalue weighted by atomic mass is 10.1. The topological polar surface area (TPSA) is 91.4 Å². The first-order valence-electron chi connectivity index (χ1n) is 8.76. The van der Waals surface area contributed by atoms with Gasteiger partial charge in [0, 0.05) is 32.0 Å². The smallest absolute Gasteiger partial charge is 0.228 e. The highest BCUT2D eigenvalue weighted by molar-refractivity contribution is 5.89. The van der Waals surface area contributed by atoms with Gasteiger partial charge in [0.05, 0.1) is 19.1 Å². The third kappa shape index (κ3) is 2.90. The highest BCUT2D eigenvalue weighted by Gasteiger charge is 2.43. The summed E-state index contributed by atoms with van der Waals surface area (Å²) < 4.78 is 5.74. The largest absolute Gasteiger partial charge is 0.366 e. The van der Waals surface area contributed by atoms with Gasteiger partial charge in [-0.2, -0.15) is 5.10 Å². The molecule has 3 aliphatic rings. The Bertz CT molecular complexity index is 641. The Labute approximate surface area is 140 Å². The van der Waals surface area contributed by atoms with Crippen LogP contribution in [0.1, 0.15) is 43.9 Å². The van der Waals surface area contributed by atoms with Gasteiger partial charge in [-0.1, -0.05) is 6.92 Å². The molecule has 130 valence electrons. The average molecular weight is 333 g/mol. The van der Waals surface area contributed by atoms with Crippen molar-refractivity contribution in [3.8, 4) is 0 Å². The number of hydrogen-bond acceptors (Lipinski definition) is 5. The number of H-pyrrole nitrogens is 1. The van der Waals surface area contributed by atoms with Crippen LogP contribution in [0.2, 0.25) is 0 Å². The van der Waals surface area contributed by atoms with E-state index in [9.17, 15) is 9.59 Å². The number of ether oxygens (including phenoxy) is 1. The lowest BCUT2D eigenvalue weighted by molar-refractivity contribution is -0.143. The van der Waals surface area contributed by atoms with E-state index in [0.29, 0.717) is 44.5 Å². The molecule has 2 aliphatic heterocycles. The molecule has 1 aromatic heterocycles. The SMILES string of the molecule is CCc1nc([C@@H]2CN(C(=O)[C@H]3CC(=O)N(C4CC4)C3)CCO2)n[nH]1. The third-order valence-corrected chi connectivity index (χ3v) is 5.05. The van der Waals surface area contributed by atoms with Gasteiger partial charge in [-0.05, 0) is 12.8 Å². The fourth-order valence-corrected chi connectivity index (χ4v) is 3.51. The Morgan fingerprint density at radius 3 is 2.92 bits per heavy atom. The van der Waals surface area contributed by atoms with Gasteiger partial charge in [-0.15, -0.1) is 0 Å². The van der Waals surface area contributed by atoms with E-state index in [1.54, 1.807) is 0 Å². The number of carbonyl (C=O) groups excluding carboxylic acids is 2. The number of aromatic nitrogens is 3. The molecule has 0 bridgehead atoms. The van der Waals surface area contributed by atoms with Gasteiger partial charge >= 0.3 is 0 Å². The van der Waals surface area contributed by atoms with E-state index in [0.717, 1.165) is 25.1 Å². The number of aromatic amines is 1. The molecule has 0 aromatic carbocycles. The highest BCUT2D eigenvalue weighted by Crippen LogP contribution is 2.33. The van der Waals surface area contributed by atoms with Gasteiger partial charge in [0.1, 0.15) is 11.9 Å². The summed E-state index contributed by atoms with van der Waals surface area (Å²) in [6.07, 6.45) is 2.99. The zero-order valence-electron chi connectivity index (χ0n) is 13.9. The molecule has 24 heavy (non-hydrogen) atoms. The zero-order chi connectivity index (χ0) is 16.7. The number of nitrogens with zero attached hydrogens (tertiary/aromatic N) is 4. The average Bonchev–Trinajstić information content (AvgIpc) is 3.19. The molecule has 0 spiro atoms. The van der Waals surface area contributed by atoms with E-state index in [2.05, 4.69) is 15.2 Å². The lowest BCUT2D eigenvalue weighted by Gasteiger charge is -2.33. The molecule has 1 N–H and O–H groups in total. The first-order valence-corrected chi connectivity index (χ1v) is 8.76. The van der Waals surface area contributed by atoms with Gasteiger partial charge in [-0.3, -0.25) is 14.7 Å². The van der Waals surface area contributed by atoms with Crippen molar-refractivity contribution >= 4 is 11.8 Å². The van der Waals surface area contributed by atoms with Crippen LogP contribution in [0.5, 0.6) is 0 Å². The fourth-order valence-electron chi connectivity index (χ4n) is 3.51. The Morgan fingerprint density at radius 1 is 1.38 bits per heavy atom. The number of morpholine rings is 1. The van der Waals surface area contributed by atoms with Crippen LogP contribution in [0.15, 0.2) is 0 Å². The number of hydrogen-bond donors (Lipinski definition) is 1. The minimum Gasteiger partial charge on any atom is -0.366 e. The maximum absolute atomic E-state index is 12.8. The maximum atomic E-state index is 12.8. The molecule has 2 saturated heterocycles. The Balaban J connectivity index is 1.40. The molecule has 1 saturated carbocycles. The summed E-state index contributed by atoms with van der Waals surface area (Å²) in [5.41, 5.74) is 0. The quantitative estimate of drug-likeness (QED) is 0.854. The molecule has 2 amide bonds. The van der Waals surface area contributed by atoms with E-state index in [-0.39, 0.29) is 23.8 Å². The Hall–Kier alpha value is -1.96. The van der Waals surface area contributed by atoms with Crippen LogP contribution in [-0.4, -0.2) is 69.1 Å². The van der Waals surface area contributed by atoms with Crippen molar-refractivity contribution in [3.63, 3.8) is 0 Å².